The van der Waals surface area contributed by atoms with Crippen molar-refractivity contribution in [2.24, 2.45) is 0 Å². The Balaban J connectivity index is 1.62. The van der Waals surface area contributed by atoms with Crippen molar-refractivity contribution in [3.8, 4) is 5.75 Å². The van der Waals surface area contributed by atoms with Gasteiger partial charge in [-0.15, -0.1) is 0 Å². The topological polar surface area (TPSA) is 43.7 Å². The SMILES string of the molecule is CC(C)(C)OC(=O)N1CCc2c(n(CCOc3ccccc3)c3c(Cl)c(Cl)ccc23)CC1. The van der Waals surface area contributed by atoms with E-state index in [-0.39, 0.29) is 6.09 Å². The maximum Gasteiger partial charge on any atom is 0.410 e. The number of ether oxygens (including phenoxy) is 2. The molecule has 1 aliphatic heterocycles. The second-order valence-corrected chi connectivity index (χ2v) is 9.75. The first-order valence-corrected chi connectivity index (χ1v) is 11.6. The third-order valence-corrected chi connectivity index (χ3v) is 6.36. The molecule has 0 saturated carbocycles. The molecule has 1 aliphatic rings. The van der Waals surface area contributed by atoms with Crippen LogP contribution in [0.15, 0.2) is 42.5 Å². The molecule has 0 bridgehead atoms. The highest BCUT2D eigenvalue weighted by Gasteiger charge is 2.28. The Bertz CT molecular complexity index is 1120. The summed E-state index contributed by atoms with van der Waals surface area (Å²) in [6, 6.07) is 13.6. The maximum atomic E-state index is 12.7. The molecule has 3 aromatic rings. The number of hydrogen-bond acceptors (Lipinski definition) is 3. The van der Waals surface area contributed by atoms with Gasteiger partial charge in [0.25, 0.3) is 0 Å². The first-order valence-electron chi connectivity index (χ1n) is 10.9. The molecule has 0 N–H and O–H groups in total. The summed E-state index contributed by atoms with van der Waals surface area (Å²) in [4.78, 5) is 14.4. The Hall–Kier alpha value is -2.37. The summed E-state index contributed by atoms with van der Waals surface area (Å²) in [6.45, 7) is 7.98. The number of carbonyl (C=O) groups is 1. The minimum atomic E-state index is -0.517. The number of hydrogen-bond donors (Lipinski definition) is 0. The lowest BCUT2D eigenvalue weighted by atomic mass is 10.1. The second-order valence-electron chi connectivity index (χ2n) is 8.96. The molecule has 2 aromatic carbocycles. The van der Waals surface area contributed by atoms with Gasteiger partial charge in [0.05, 0.1) is 22.1 Å². The summed E-state index contributed by atoms with van der Waals surface area (Å²) in [6.07, 6.45) is 1.17. The molecule has 0 aliphatic carbocycles. The van der Waals surface area contributed by atoms with Crippen LogP contribution in [0.5, 0.6) is 5.75 Å². The predicted octanol–water partition coefficient (Wildman–Crippen LogP) is 6.36. The average molecular weight is 475 g/mol. The first kappa shape index (κ1) is 22.8. The number of aromatic nitrogens is 1. The molecule has 1 amide bonds. The van der Waals surface area contributed by atoms with E-state index in [1.807, 2.05) is 63.2 Å². The monoisotopic (exact) mass is 474 g/mol. The number of benzene rings is 2. The molecule has 1 aromatic heterocycles. The zero-order chi connectivity index (χ0) is 22.9. The van der Waals surface area contributed by atoms with Gasteiger partial charge < -0.3 is 18.9 Å². The molecule has 4 rings (SSSR count). The highest BCUT2D eigenvalue weighted by atomic mass is 35.5. The average Bonchev–Trinajstić information content (AvgIpc) is 2.88. The zero-order valence-electron chi connectivity index (χ0n) is 18.7. The summed E-state index contributed by atoms with van der Waals surface area (Å²) >= 11 is 13.0. The van der Waals surface area contributed by atoms with Crippen molar-refractivity contribution in [3.05, 3.63) is 63.8 Å². The minimum absolute atomic E-state index is 0.271. The van der Waals surface area contributed by atoms with Gasteiger partial charge in [-0.25, -0.2) is 4.79 Å². The molecule has 32 heavy (non-hydrogen) atoms. The van der Waals surface area contributed by atoms with Gasteiger partial charge >= 0.3 is 6.09 Å². The molecule has 7 heteroatoms. The lowest BCUT2D eigenvalue weighted by Gasteiger charge is -2.26. The Morgan fingerprint density at radius 1 is 1.03 bits per heavy atom. The van der Waals surface area contributed by atoms with Crippen LogP contribution in [-0.4, -0.2) is 40.9 Å². The molecule has 0 spiro atoms. The van der Waals surface area contributed by atoms with Crippen LogP contribution < -0.4 is 4.74 Å². The lowest BCUT2D eigenvalue weighted by molar-refractivity contribution is 0.0258. The molecule has 0 unspecified atom stereocenters. The predicted molar refractivity (Wildman–Crippen MR) is 129 cm³/mol. The van der Waals surface area contributed by atoms with Crippen molar-refractivity contribution in [1.29, 1.82) is 0 Å². The summed E-state index contributed by atoms with van der Waals surface area (Å²) in [5.74, 6) is 0.829. The lowest BCUT2D eigenvalue weighted by Crippen LogP contribution is -2.38. The third kappa shape index (κ3) is 4.84. The number of para-hydroxylation sites is 1. The van der Waals surface area contributed by atoms with E-state index in [4.69, 9.17) is 32.7 Å². The Kier molecular flexibility index (Phi) is 6.59. The minimum Gasteiger partial charge on any atom is -0.492 e. The van der Waals surface area contributed by atoms with Gasteiger partial charge in [0.15, 0.2) is 0 Å². The van der Waals surface area contributed by atoms with Crippen molar-refractivity contribution < 1.29 is 14.3 Å². The van der Waals surface area contributed by atoms with Gasteiger partial charge in [-0.2, -0.15) is 0 Å². The van der Waals surface area contributed by atoms with Crippen molar-refractivity contribution in [3.63, 3.8) is 0 Å². The highest BCUT2D eigenvalue weighted by Crippen LogP contribution is 2.37. The molecular formula is C25H28Cl2N2O3. The number of amides is 1. The quantitative estimate of drug-likeness (QED) is 0.441. The van der Waals surface area contributed by atoms with Crippen LogP contribution in [0.25, 0.3) is 10.9 Å². The van der Waals surface area contributed by atoms with Crippen molar-refractivity contribution in [1.82, 2.24) is 9.47 Å². The van der Waals surface area contributed by atoms with Crippen LogP contribution >= 0.6 is 23.2 Å². The van der Waals surface area contributed by atoms with Crippen LogP contribution in [0.3, 0.4) is 0 Å². The van der Waals surface area contributed by atoms with Gasteiger partial charge in [-0.1, -0.05) is 47.5 Å². The standard InChI is InChI=1S/C25H28Cl2N2O3/c1-25(2,3)32-24(30)28-13-11-18-19-9-10-20(26)22(27)23(19)29(21(18)12-14-28)15-16-31-17-7-5-4-6-8-17/h4-10H,11-16H2,1-3H3. The molecule has 0 fully saturated rings. The second kappa shape index (κ2) is 9.24. The van der Waals surface area contributed by atoms with E-state index in [1.165, 1.54) is 11.3 Å². The highest BCUT2D eigenvalue weighted by molar-refractivity contribution is 6.45. The third-order valence-electron chi connectivity index (χ3n) is 5.57. The molecule has 0 atom stereocenters. The van der Waals surface area contributed by atoms with Crippen LogP contribution in [-0.2, 0) is 24.1 Å². The largest absolute Gasteiger partial charge is 0.492 e. The van der Waals surface area contributed by atoms with E-state index in [2.05, 4.69) is 4.57 Å². The number of nitrogens with zero attached hydrogens (tertiary/aromatic N) is 2. The van der Waals surface area contributed by atoms with Crippen LogP contribution in [0.2, 0.25) is 10.0 Å². The molecule has 0 saturated heterocycles. The number of carbonyl (C=O) groups excluding carboxylic acids is 1. The summed E-state index contributed by atoms with van der Waals surface area (Å²) in [7, 11) is 0. The fourth-order valence-corrected chi connectivity index (χ4v) is 4.61. The van der Waals surface area contributed by atoms with E-state index >= 15 is 0 Å². The van der Waals surface area contributed by atoms with Crippen molar-refractivity contribution in [2.75, 3.05) is 19.7 Å². The van der Waals surface area contributed by atoms with Crippen molar-refractivity contribution in [2.45, 2.75) is 45.8 Å². The first-order chi connectivity index (χ1) is 15.2. The van der Waals surface area contributed by atoms with E-state index in [9.17, 15) is 4.79 Å². The Labute approximate surface area is 198 Å². The van der Waals surface area contributed by atoms with Crippen molar-refractivity contribution >= 4 is 40.2 Å². The number of halogens is 2. The summed E-state index contributed by atoms with van der Waals surface area (Å²) < 4.78 is 13.8. The van der Waals surface area contributed by atoms with Gasteiger partial charge in [0.2, 0.25) is 0 Å². The zero-order valence-corrected chi connectivity index (χ0v) is 20.2. The molecular weight excluding hydrogens is 447 g/mol. The smallest absolute Gasteiger partial charge is 0.410 e. The van der Waals surface area contributed by atoms with Crippen LogP contribution in [0.1, 0.15) is 32.0 Å². The maximum absolute atomic E-state index is 12.7. The molecule has 170 valence electrons. The number of rotatable bonds is 4. The van der Waals surface area contributed by atoms with E-state index in [0.29, 0.717) is 42.7 Å². The molecule has 0 radical (unpaired) electrons. The van der Waals surface area contributed by atoms with Gasteiger partial charge in [-0.05, 0) is 51.0 Å². The van der Waals surface area contributed by atoms with Crippen LogP contribution in [0.4, 0.5) is 4.79 Å². The summed E-state index contributed by atoms with van der Waals surface area (Å²) in [5, 5.41) is 2.17. The fraction of sp³-hybridized carbons (Fsp3) is 0.400. The summed E-state index contributed by atoms with van der Waals surface area (Å²) in [5.41, 5.74) is 2.81. The Morgan fingerprint density at radius 2 is 1.75 bits per heavy atom. The van der Waals surface area contributed by atoms with E-state index < -0.39 is 5.60 Å². The normalized spacial score (nSPS) is 14.2. The van der Waals surface area contributed by atoms with Gasteiger partial charge in [0, 0.05) is 30.6 Å². The Morgan fingerprint density at radius 3 is 2.47 bits per heavy atom. The van der Waals surface area contributed by atoms with Gasteiger partial charge in [-0.3, -0.25) is 0 Å². The van der Waals surface area contributed by atoms with Crippen LogP contribution in [0, 0.1) is 0 Å². The van der Waals surface area contributed by atoms with Gasteiger partial charge in [0.1, 0.15) is 18.0 Å². The molecule has 2 heterocycles. The fourth-order valence-electron chi connectivity index (χ4n) is 4.19. The number of fused-ring (bicyclic) bond motifs is 3. The van der Waals surface area contributed by atoms with E-state index in [1.54, 1.807) is 4.90 Å². The van der Waals surface area contributed by atoms with E-state index in [0.717, 1.165) is 23.1 Å². The molecule has 5 nitrogen and oxygen atoms in total.